The van der Waals surface area contributed by atoms with E-state index in [1.807, 2.05) is 60.7 Å². The summed E-state index contributed by atoms with van der Waals surface area (Å²) in [5, 5.41) is 14.8. The molecule has 2 aromatic heterocycles. The molecule has 1 amide bonds. The van der Waals surface area contributed by atoms with E-state index in [0.717, 1.165) is 16.0 Å². The average molecular weight is 640 g/mol. The lowest BCUT2D eigenvalue weighted by Crippen LogP contribution is -2.14. The van der Waals surface area contributed by atoms with Gasteiger partial charge < -0.3 is 10.3 Å². The van der Waals surface area contributed by atoms with Crippen LogP contribution in [0.15, 0.2) is 107 Å². The fourth-order valence-electron chi connectivity index (χ4n) is 4.48. The number of hydrogen-bond donors (Lipinski definition) is 2. The third kappa shape index (κ3) is 6.36. The van der Waals surface area contributed by atoms with Gasteiger partial charge in [-0.3, -0.25) is 9.59 Å². The third-order valence-corrected chi connectivity index (χ3v) is 9.47. The second kappa shape index (κ2) is 12.5. The Bertz CT molecular complexity index is 2070. The van der Waals surface area contributed by atoms with Crippen molar-refractivity contribution in [2.45, 2.75) is 10.9 Å². The number of benzene rings is 4. The molecular formula is C33H20Cl2N4O2S2. The number of aromatic amines is 1. The Morgan fingerprint density at radius 3 is 2.49 bits per heavy atom. The van der Waals surface area contributed by atoms with Crippen LogP contribution in [0.1, 0.15) is 21.5 Å². The third-order valence-electron chi connectivity index (χ3n) is 6.62. The highest BCUT2D eigenvalue weighted by atomic mass is 35.5. The Kier molecular flexibility index (Phi) is 8.32. The molecule has 43 heavy (non-hydrogen) atoms. The van der Waals surface area contributed by atoms with E-state index in [1.54, 1.807) is 29.5 Å². The molecule has 2 N–H and O–H groups in total. The molecule has 0 atom stereocenters. The molecule has 0 aliphatic carbocycles. The van der Waals surface area contributed by atoms with E-state index in [1.165, 1.54) is 27.9 Å². The van der Waals surface area contributed by atoms with Crippen LogP contribution in [0.25, 0.3) is 31.8 Å². The fourth-order valence-corrected chi connectivity index (χ4v) is 6.65. The number of carbonyl (C=O) groups excluding carboxylic acids is 1. The van der Waals surface area contributed by atoms with E-state index in [9.17, 15) is 14.9 Å². The number of thioether (sulfide) groups is 1. The minimum atomic E-state index is -0.494. The number of rotatable bonds is 7. The number of aromatic nitrogens is 2. The number of carbonyl (C=O) groups is 1. The van der Waals surface area contributed by atoms with E-state index in [2.05, 4.69) is 33.5 Å². The van der Waals surface area contributed by atoms with Gasteiger partial charge >= 0.3 is 0 Å². The highest BCUT2D eigenvalue weighted by Gasteiger charge is 2.15. The molecule has 0 fully saturated rings. The van der Waals surface area contributed by atoms with Gasteiger partial charge in [0.1, 0.15) is 11.6 Å². The summed E-state index contributed by atoms with van der Waals surface area (Å²) in [6, 6.07) is 32.2. The normalized spacial score (nSPS) is 10.9. The summed E-state index contributed by atoms with van der Waals surface area (Å²) >= 11 is 15.0. The zero-order valence-electron chi connectivity index (χ0n) is 22.2. The van der Waals surface area contributed by atoms with Crippen LogP contribution in [0.2, 0.25) is 10.0 Å². The first kappa shape index (κ1) is 28.7. The molecule has 0 unspecified atom stereocenters. The van der Waals surface area contributed by atoms with Gasteiger partial charge in [-0.1, -0.05) is 89.6 Å². The Labute approximate surface area is 265 Å². The van der Waals surface area contributed by atoms with Crippen molar-refractivity contribution >= 4 is 68.0 Å². The van der Waals surface area contributed by atoms with Crippen LogP contribution in [0.5, 0.6) is 0 Å². The van der Waals surface area contributed by atoms with E-state index in [-0.39, 0.29) is 11.5 Å². The van der Waals surface area contributed by atoms with Gasteiger partial charge in [0.2, 0.25) is 0 Å². The number of H-pyrrole nitrogens is 1. The lowest BCUT2D eigenvalue weighted by atomic mass is 10.0. The number of nitrogens with one attached hydrogen (secondary N) is 2. The Balaban J connectivity index is 1.19. The molecule has 0 saturated heterocycles. The van der Waals surface area contributed by atoms with Gasteiger partial charge in [-0.25, -0.2) is 4.98 Å². The van der Waals surface area contributed by atoms with Crippen molar-refractivity contribution in [2.24, 2.45) is 0 Å². The SMILES string of the molecule is N#Cc1c(-c2ccc(-c3cc4ccccc4s3)cc2)nc(SCc2cccc(NC(=O)c3ccc(Cl)c(Cl)c3)c2)[nH]c1=O. The van der Waals surface area contributed by atoms with Crippen molar-refractivity contribution in [1.29, 1.82) is 5.26 Å². The first-order valence-electron chi connectivity index (χ1n) is 13.0. The second-order valence-electron chi connectivity index (χ2n) is 9.50. The summed E-state index contributed by atoms with van der Waals surface area (Å²) in [7, 11) is 0. The number of thiophene rings is 1. The minimum Gasteiger partial charge on any atom is -0.322 e. The molecule has 0 bridgehead atoms. The first-order valence-corrected chi connectivity index (χ1v) is 15.6. The van der Waals surface area contributed by atoms with E-state index in [4.69, 9.17) is 23.2 Å². The molecular weight excluding hydrogens is 619 g/mol. The lowest BCUT2D eigenvalue weighted by molar-refractivity contribution is 0.102. The number of halogens is 2. The Morgan fingerprint density at radius 2 is 1.72 bits per heavy atom. The molecule has 6 nitrogen and oxygen atoms in total. The number of nitriles is 1. The molecule has 10 heteroatoms. The quantitative estimate of drug-likeness (QED) is 0.134. The standard InChI is InChI=1S/C33H20Cl2N4O2S2/c34-26-13-12-23(15-27(26)35)31(40)37-24-6-3-4-19(14-24)18-42-33-38-30(25(17-36)32(41)39-33)21-10-8-20(9-11-21)29-16-22-5-1-2-7-28(22)43-29/h1-16H,18H2,(H,37,40)(H,38,39,41). The van der Waals surface area contributed by atoms with Crippen LogP contribution in [0.4, 0.5) is 5.69 Å². The molecule has 0 aliphatic heterocycles. The summed E-state index contributed by atoms with van der Waals surface area (Å²) < 4.78 is 1.21. The Morgan fingerprint density at radius 1 is 0.930 bits per heavy atom. The predicted octanol–water partition coefficient (Wildman–Crippen LogP) is 9.04. The van der Waals surface area contributed by atoms with Crippen LogP contribution >= 0.6 is 46.3 Å². The second-order valence-corrected chi connectivity index (χ2v) is 12.4. The molecule has 0 aliphatic rings. The molecule has 210 valence electrons. The van der Waals surface area contributed by atoms with Crippen molar-refractivity contribution in [3.05, 3.63) is 134 Å². The smallest absolute Gasteiger partial charge is 0.270 e. The van der Waals surface area contributed by atoms with Crippen molar-refractivity contribution < 1.29 is 4.79 Å². The molecule has 6 aromatic rings. The topological polar surface area (TPSA) is 98.6 Å². The highest BCUT2D eigenvalue weighted by Crippen LogP contribution is 2.34. The summed E-state index contributed by atoms with van der Waals surface area (Å²) in [4.78, 5) is 34.0. The molecule has 0 saturated carbocycles. The van der Waals surface area contributed by atoms with Gasteiger partial charge in [0.05, 0.1) is 15.7 Å². The molecule has 0 radical (unpaired) electrons. The number of hydrogen-bond acceptors (Lipinski definition) is 6. The largest absolute Gasteiger partial charge is 0.322 e. The summed E-state index contributed by atoms with van der Waals surface area (Å²) in [5.74, 6) is 0.153. The van der Waals surface area contributed by atoms with Crippen LogP contribution in [0, 0.1) is 11.3 Å². The number of fused-ring (bicyclic) bond motifs is 1. The van der Waals surface area contributed by atoms with Crippen LogP contribution < -0.4 is 10.9 Å². The molecule has 2 heterocycles. The molecule has 6 rings (SSSR count). The zero-order valence-corrected chi connectivity index (χ0v) is 25.4. The molecule has 4 aromatic carbocycles. The Hall–Kier alpha value is -4.39. The minimum absolute atomic E-state index is 0.0361. The maximum atomic E-state index is 12.8. The van der Waals surface area contributed by atoms with E-state index in [0.29, 0.717) is 43.5 Å². The lowest BCUT2D eigenvalue weighted by Gasteiger charge is -2.09. The van der Waals surface area contributed by atoms with Crippen LogP contribution in [0.3, 0.4) is 0 Å². The monoisotopic (exact) mass is 638 g/mol. The van der Waals surface area contributed by atoms with Crippen molar-refractivity contribution in [2.75, 3.05) is 5.32 Å². The van der Waals surface area contributed by atoms with Crippen molar-refractivity contribution in [3.63, 3.8) is 0 Å². The van der Waals surface area contributed by atoms with Gasteiger partial charge in [-0.15, -0.1) is 11.3 Å². The fraction of sp³-hybridized carbons (Fsp3) is 0.0303. The number of nitrogens with zero attached hydrogens (tertiary/aromatic N) is 2. The van der Waals surface area contributed by atoms with E-state index < -0.39 is 5.56 Å². The van der Waals surface area contributed by atoms with Gasteiger partial charge in [0.15, 0.2) is 5.16 Å². The highest BCUT2D eigenvalue weighted by molar-refractivity contribution is 7.98. The summed E-state index contributed by atoms with van der Waals surface area (Å²) in [6.07, 6.45) is 0. The average Bonchev–Trinajstić information content (AvgIpc) is 3.46. The number of amides is 1. The van der Waals surface area contributed by atoms with Crippen LogP contribution in [-0.2, 0) is 5.75 Å². The maximum Gasteiger partial charge on any atom is 0.270 e. The van der Waals surface area contributed by atoms with Crippen molar-refractivity contribution in [3.8, 4) is 27.8 Å². The van der Waals surface area contributed by atoms with Gasteiger partial charge in [-0.05, 0) is 59.0 Å². The van der Waals surface area contributed by atoms with Gasteiger partial charge in [0.25, 0.3) is 11.5 Å². The summed E-state index contributed by atoms with van der Waals surface area (Å²) in [6.45, 7) is 0. The van der Waals surface area contributed by atoms with E-state index >= 15 is 0 Å². The number of anilines is 1. The van der Waals surface area contributed by atoms with Gasteiger partial charge in [-0.2, -0.15) is 5.26 Å². The first-order chi connectivity index (χ1) is 20.9. The zero-order chi connectivity index (χ0) is 29.9. The predicted molar refractivity (Wildman–Crippen MR) is 176 cm³/mol. The van der Waals surface area contributed by atoms with Gasteiger partial charge in [0, 0.05) is 32.1 Å². The molecule has 0 spiro atoms. The summed E-state index contributed by atoms with van der Waals surface area (Å²) in [5.41, 5.74) is 3.43. The maximum absolute atomic E-state index is 12.8. The van der Waals surface area contributed by atoms with Crippen LogP contribution in [-0.4, -0.2) is 15.9 Å². The van der Waals surface area contributed by atoms with Crippen molar-refractivity contribution in [1.82, 2.24) is 9.97 Å².